The van der Waals surface area contributed by atoms with Crippen LogP contribution in [0.1, 0.15) is 56.1 Å². The van der Waals surface area contributed by atoms with Crippen LogP contribution < -0.4 is 15.8 Å². The van der Waals surface area contributed by atoms with Gasteiger partial charge in [-0.05, 0) is 85.9 Å². The van der Waals surface area contributed by atoms with Gasteiger partial charge in [0.25, 0.3) is 0 Å². The SMILES string of the molecule is C[C@H](c1ccc(F)cc1)C1(C(N)=O)CCC(NS(=O)(=O)c2ccc3c(c2)CCCN3)CC1. The standard InChI is InChI=1S/C24H30FN3O3S/c1-16(17-4-6-19(25)7-5-17)24(23(26)29)12-10-20(11-13-24)28-32(30,31)21-8-9-22-18(15-21)3-2-14-27-22/h4-9,15-16,20,27-28H,2-3,10-14H2,1H3,(H2,26,29)/t16-,20?,24?/m1/s1. The Balaban J connectivity index is 1.47. The second-order valence-corrected chi connectivity index (χ2v) is 10.8. The number of nitrogens with one attached hydrogen (secondary N) is 2. The zero-order valence-electron chi connectivity index (χ0n) is 18.2. The maximum Gasteiger partial charge on any atom is 0.240 e. The summed E-state index contributed by atoms with van der Waals surface area (Å²) in [5.74, 6) is -0.908. The van der Waals surface area contributed by atoms with Gasteiger partial charge in [-0.3, -0.25) is 4.79 Å². The molecule has 1 fully saturated rings. The van der Waals surface area contributed by atoms with E-state index < -0.39 is 21.3 Å². The molecule has 1 atom stereocenters. The molecule has 32 heavy (non-hydrogen) atoms. The number of fused-ring (bicyclic) bond motifs is 1. The predicted octanol–water partition coefficient (Wildman–Crippen LogP) is 3.68. The van der Waals surface area contributed by atoms with Crippen molar-refractivity contribution in [3.8, 4) is 0 Å². The fraction of sp³-hybridized carbons (Fsp3) is 0.458. The van der Waals surface area contributed by atoms with E-state index in [-0.39, 0.29) is 22.7 Å². The third kappa shape index (κ3) is 4.38. The molecule has 8 heteroatoms. The van der Waals surface area contributed by atoms with Crippen LogP contribution >= 0.6 is 0 Å². The molecule has 2 aromatic carbocycles. The largest absolute Gasteiger partial charge is 0.385 e. The van der Waals surface area contributed by atoms with E-state index >= 15 is 0 Å². The molecule has 1 heterocycles. The summed E-state index contributed by atoms with van der Waals surface area (Å²) in [4.78, 5) is 12.8. The number of aryl methyl sites for hydroxylation is 1. The number of benzene rings is 2. The average molecular weight is 460 g/mol. The quantitative estimate of drug-likeness (QED) is 0.613. The minimum absolute atomic E-state index is 0.189. The van der Waals surface area contributed by atoms with Crippen molar-refractivity contribution >= 4 is 21.6 Å². The maximum absolute atomic E-state index is 13.3. The number of hydrogen-bond donors (Lipinski definition) is 3. The summed E-state index contributed by atoms with van der Waals surface area (Å²) in [6, 6.07) is 11.1. The number of anilines is 1. The Bertz CT molecular complexity index is 1090. The van der Waals surface area contributed by atoms with Crippen LogP contribution in [-0.4, -0.2) is 26.9 Å². The number of primary amides is 1. The van der Waals surface area contributed by atoms with Gasteiger partial charge < -0.3 is 11.1 Å². The molecule has 6 nitrogen and oxygen atoms in total. The first-order valence-electron chi connectivity index (χ1n) is 11.2. The number of hydrogen-bond acceptors (Lipinski definition) is 4. The number of halogens is 1. The molecule has 0 saturated heterocycles. The van der Waals surface area contributed by atoms with E-state index in [2.05, 4.69) is 10.0 Å². The Morgan fingerprint density at radius 3 is 2.53 bits per heavy atom. The highest BCUT2D eigenvalue weighted by Crippen LogP contribution is 2.47. The minimum Gasteiger partial charge on any atom is -0.385 e. The van der Waals surface area contributed by atoms with Crippen molar-refractivity contribution in [2.45, 2.75) is 62.3 Å². The molecule has 0 bridgehead atoms. The van der Waals surface area contributed by atoms with Gasteiger partial charge in [0.1, 0.15) is 5.82 Å². The molecule has 4 rings (SSSR count). The fourth-order valence-corrected chi connectivity index (χ4v) is 6.48. The normalized spacial score (nSPS) is 24.2. The second kappa shape index (κ2) is 8.83. The summed E-state index contributed by atoms with van der Waals surface area (Å²) in [5.41, 5.74) is 7.93. The van der Waals surface area contributed by atoms with Crippen LogP contribution in [0.2, 0.25) is 0 Å². The fourth-order valence-electron chi connectivity index (χ4n) is 5.12. The molecule has 1 aliphatic carbocycles. The highest BCUT2D eigenvalue weighted by molar-refractivity contribution is 7.89. The first-order chi connectivity index (χ1) is 15.2. The smallest absolute Gasteiger partial charge is 0.240 e. The van der Waals surface area contributed by atoms with E-state index in [0.29, 0.717) is 25.7 Å². The van der Waals surface area contributed by atoms with E-state index in [4.69, 9.17) is 5.73 Å². The van der Waals surface area contributed by atoms with Crippen molar-refractivity contribution in [2.75, 3.05) is 11.9 Å². The molecule has 0 radical (unpaired) electrons. The summed E-state index contributed by atoms with van der Waals surface area (Å²) in [6.07, 6.45) is 3.82. The lowest BCUT2D eigenvalue weighted by atomic mass is 9.63. The van der Waals surface area contributed by atoms with Crippen molar-refractivity contribution < 1.29 is 17.6 Å². The highest BCUT2D eigenvalue weighted by atomic mass is 32.2. The van der Waals surface area contributed by atoms with Crippen molar-refractivity contribution in [1.82, 2.24) is 4.72 Å². The number of sulfonamides is 1. The monoisotopic (exact) mass is 459 g/mol. The van der Waals surface area contributed by atoms with Crippen LogP contribution in [0.5, 0.6) is 0 Å². The van der Waals surface area contributed by atoms with Gasteiger partial charge in [0.05, 0.1) is 10.3 Å². The van der Waals surface area contributed by atoms with Gasteiger partial charge in [0.2, 0.25) is 15.9 Å². The molecular weight excluding hydrogens is 429 g/mol. The lowest BCUT2D eigenvalue weighted by Gasteiger charge is -2.42. The van der Waals surface area contributed by atoms with Gasteiger partial charge in [-0.15, -0.1) is 0 Å². The Labute approximate surface area is 188 Å². The summed E-state index contributed by atoms with van der Waals surface area (Å²) in [7, 11) is -3.66. The van der Waals surface area contributed by atoms with Gasteiger partial charge in [0.15, 0.2) is 0 Å². The lowest BCUT2D eigenvalue weighted by Crippen LogP contribution is -2.48. The maximum atomic E-state index is 13.3. The van der Waals surface area contributed by atoms with E-state index in [1.54, 1.807) is 24.3 Å². The first kappa shape index (κ1) is 22.7. The third-order valence-electron chi connectivity index (χ3n) is 7.21. The van der Waals surface area contributed by atoms with Gasteiger partial charge in [-0.1, -0.05) is 19.1 Å². The number of amides is 1. The highest BCUT2D eigenvalue weighted by Gasteiger charge is 2.45. The minimum atomic E-state index is -3.66. The van der Waals surface area contributed by atoms with Crippen LogP contribution in [0.4, 0.5) is 10.1 Å². The summed E-state index contributed by atoms with van der Waals surface area (Å²) >= 11 is 0. The summed E-state index contributed by atoms with van der Waals surface area (Å²) in [5, 5.41) is 3.29. The molecule has 1 aliphatic heterocycles. The molecule has 0 unspecified atom stereocenters. The van der Waals surface area contributed by atoms with Crippen LogP contribution in [0.25, 0.3) is 0 Å². The summed E-state index contributed by atoms with van der Waals surface area (Å²) in [6.45, 7) is 2.83. The van der Waals surface area contributed by atoms with E-state index in [1.165, 1.54) is 12.1 Å². The number of carbonyl (C=O) groups excluding carboxylic acids is 1. The van der Waals surface area contributed by atoms with Gasteiger partial charge in [0, 0.05) is 18.3 Å². The van der Waals surface area contributed by atoms with Gasteiger partial charge >= 0.3 is 0 Å². The molecule has 2 aliphatic rings. The number of carbonyl (C=O) groups is 1. The predicted molar refractivity (Wildman–Crippen MR) is 122 cm³/mol. The molecular formula is C24H30FN3O3S. The summed E-state index contributed by atoms with van der Waals surface area (Å²) < 4.78 is 42.2. The van der Waals surface area contributed by atoms with Crippen LogP contribution in [0, 0.1) is 11.2 Å². The topological polar surface area (TPSA) is 101 Å². The van der Waals surface area contributed by atoms with E-state index in [9.17, 15) is 17.6 Å². The van der Waals surface area contributed by atoms with Crippen LogP contribution in [0.3, 0.4) is 0 Å². The molecule has 0 aromatic heterocycles. The molecule has 1 amide bonds. The molecule has 0 spiro atoms. The van der Waals surface area contributed by atoms with E-state index in [0.717, 1.165) is 36.2 Å². The number of rotatable bonds is 6. The van der Waals surface area contributed by atoms with Gasteiger partial charge in [-0.25, -0.2) is 17.5 Å². The molecule has 2 aromatic rings. The van der Waals surface area contributed by atoms with Gasteiger partial charge in [-0.2, -0.15) is 0 Å². The lowest BCUT2D eigenvalue weighted by molar-refractivity contribution is -0.131. The Kier molecular flexibility index (Phi) is 6.27. The molecule has 1 saturated carbocycles. The third-order valence-corrected chi connectivity index (χ3v) is 8.73. The average Bonchev–Trinajstić information content (AvgIpc) is 2.79. The van der Waals surface area contributed by atoms with Crippen molar-refractivity contribution in [2.24, 2.45) is 11.1 Å². The van der Waals surface area contributed by atoms with Crippen molar-refractivity contribution in [3.05, 3.63) is 59.4 Å². The van der Waals surface area contributed by atoms with Crippen molar-refractivity contribution in [1.29, 1.82) is 0 Å². The zero-order chi connectivity index (χ0) is 22.9. The molecule has 4 N–H and O–H groups in total. The van der Waals surface area contributed by atoms with E-state index in [1.807, 2.05) is 13.0 Å². The van der Waals surface area contributed by atoms with Crippen molar-refractivity contribution in [3.63, 3.8) is 0 Å². The van der Waals surface area contributed by atoms with Crippen LogP contribution in [0.15, 0.2) is 47.4 Å². The zero-order valence-corrected chi connectivity index (χ0v) is 19.1. The Morgan fingerprint density at radius 1 is 1.19 bits per heavy atom. The second-order valence-electron chi connectivity index (χ2n) is 9.04. The number of nitrogens with two attached hydrogens (primary N) is 1. The molecule has 172 valence electrons. The first-order valence-corrected chi connectivity index (χ1v) is 12.6. The Morgan fingerprint density at radius 2 is 1.88 bits per heavy atom. The Hall–Kier alpha value is -2.45. The van der Waals surface area contributed by atoms with Crippen LogP contribution in [-0.2, 0) is 21.2 Å².